The fourth-order valence-corrected chi connectivity index (χ4v) is 2.27. The Morgan fingerprint density at radius 2 is 2.25 bits per heavy atom. The van der Waals surface area contributed by atoms with E-state index < -0.39 is 0 Å². The maximum Gasteiger partial charge on any atom is 0.237 e. The van der Waals surface area contributed by atoms with Crippen LogP contribution in [0.5, 0.6) is 0 Å². The summed E-state index contributed by atoms with van der Waals surface area (Å²) in [5, 5.41) is 6.47. The molecule has 1 amide bonds. The Hall–Kier alpha value is -0.570. The van der Waals surface area contributed by atoms with Crippen molar-refractivity contribution in [2.75, 3.05) is 0 Å². The van der Waals surface area contributed by atoms with E-state index in [1.165, 1.54) is 19.3 Å². The average molecular weight is 226 g/mol. The number of unbranched alkanes of at least 4 members (excludes halogenated alkanes) is 1. The van der Waals surface area contributed by atoms with E-state index in [4.69, 9.17) is 0 Å². The number of nitrogens with one attached hydrogen (secondary N) is 2. The maximum atomic E-state index is 11.9. The molecule has 0 aromatic heterocycles. The zero-order chi connectivity index (χ0) is 12.0. The number of piperidine rings is 1. The van der Waals surface area contributed by atoms with Crippen molar-refractivity contribution in [1.29, 1.82) is 0 Å². The highest BCUT2D eigenvalue weighted by atomic mass is 16.2. The number of rotatable bonds is 5. The van der Waals surface area contributed by atoms with Crippen molar-refractivity contribution >= 4 is 5.91 Å². The first kappa shape index (κ1) is 13.5. The van der Waals surface area contributed by atoms with E-state index in [9.17, 15) is 4.79 Å². The molecular formula is C13H26N2O. The van der Waals surface area contributed by atoms with Crippen LogP contribution in [0.15, 0.2) is 0 Å². The van der Waals surface area contributed by atoms with Gasteiger partial charge in [0.1, 0.15) is 0 Å². The number of amides is 1. The van der Waals surface area contributed by atoms with E-state index in [0.717, 1.165) is 19.3 Å². The first-order valence-corrected chi connectivity index (χ1v) is 6.70. The maximum absolute atomic E-state index is 11.9. The van der Waals surface area contributed by atoms with E-state index in [0.29, 0.717) is 12.1 Å². The molecule has 0 saturated carbocycles. The summed E-state index contributed by atoms with van der Waals surface area (Å²) in [5.74, 6) is 0.190. The SMILES string of the molecule is CCCCC(C)NC(=O)C1CCCC(C)N1. The van der Waals surface area contributed by atoms with E-state index in [2.05, 4.69) is 31.4 Å². The zero-order valence-electron chi connectivity index (χ0n) is 10.9. The van der Waals surface area contributed by atoms with Gasteiger partial charge in [0.15, 0.2) is 0 Å². The van der Waals surface area contributed by atoms with Gasteiger partial charge in [-0.25, -0.2) is 0 Å². The minimum absolute atomic E-state index is 0.0350. The summed E-state index contributed by atoms with van der Waals surface area (Å²) < 4.78 is 0. The molecule has 1 aliphatic rings. The lowest BCUT2D eigenvalue weighted by atomic mass is 9.98. The van der Waals surface area contributed by atoms with Crippen molar-refractivity contribution in [2.24, 2.45) is 0 Å². The van der Waals surface area contributed by atoms with Gasteiger partial charge in [0.2, 0.25) is 5.91 Å². The molecule has 0 aromatic carbocycles. The minimum atomic E-state index is 0.0350. The molecule has 1 saturated heterocycles. The van der Waals surface area contributed by atoms with Crippen LogP contribution in [-0.2, 0) is 4.79 Å². The molecule has 0 bridgehead atoms. The molecule has 1 rings (SSSR count). The van der Waals surface area contributed by atoms with E-state index in [1.807, 2.05) is 0 Å². The highest BCUT2D eigenvalue weighted by Crippen LogP contribution is 2.12. The predicted octanol–water partition coefficient (Wildman–Crippen LogP) is 2.21. The van der Waals surface area contributed by atoms with Gasteiger partial charge in [0.25, 0.3) is 0 Å². The summed E-state index contributed by atoms with van der Waals surface area (Å²) in [4.78, 5) is 11.9. The summed E-state index contributed by atoms with van der Waals surface area (Å²) in [7, 11) is 0. The minimum Gasteiger partial charge on any atom is -0.352 e. The second-order valence-electron chi connectivity index (χ2n) is 5.10. The van der Waals surface area contributed by atoms with Crippen LogP contribution in [0.25, 0.3) is 0 Å². The number of carbonyl (C=O) groups is 1. The van der Waals surface area contributed by atoms with E-state index >= 15 is 0 Å². The van der Waals surface area contributed by atoms with E-state index in [1.54, 1.807) is 0 Å². The van der Waals surface area contributed by atoms with Crippen LogP contribution in [0.2, 0.25) is 0 Å². The molecule has 16 heavy (non-hydrogen) atoms. The summed E-state index contributed by atoms with van der Waals surface area (Å²) in [6, 6.07) is 0.828. The Morgan fingerprint density at radius 3 is 2.88 bits per heavy atom. The molecule has 0 aromatic rings. The first-order valence-electron chi connectivity index (χ1n) is 6.70. The Kier molecular flexibility index (Phi) is 5.81. The largest absolute Gasteiger partial charge is 0.352 e. The van der Waals surface area contributed by atoms with Gasteiger partial charge in [-0.05, 0) is 39.5 Å². The number of hydrogen-bond donors (Lipinski definition) is 2. The third kappa shape index (κ3) is 4.52. The molecule has 1 fully saturated rings. The molecule has 2 N–H and O–H groups in total. The highest BCUT2D eigenvalue weighted by Gasteiger charge is 2.24. The Labute approximate surface area is 99.4 Å². The topological polar surface area (TPSA) is 41.1 Å². The van der Waals surface area contributed by atoms with Crippen molar-refractivity contribution < 1.29 is 4.79 Å². The second-order valence-corrected chi connectivity index (χ2v) is 5.10. The van der Waals surface area contributed by atoms with E-state index in [-0.39, 0.29) is 11.9 Å². The lowest BCUT2D eigenvalue weighted by molar-refractivity contribution is -0.124. The van der Waals surface area contributed by atoms with Crippen LogP contribution >= 0.6 is 0 Å². The van der Waals surface area contributed by atoms with Crippen LogP contribution in [0.1, 0.15) is 59.3 Å². The molecular weight excluding hydrogens is 200 g/mol. The van der Waals surface area contributed by atoms with Crippen LogP contribution in [-0.4, -0.2) is 24.0 Å². The molecule has 3 unspecified atom stereocenters. The molecule has 0 radical (unpaired) electrons. The Bertz CT molecular complexity index is 218. The highest BCUT2D eigenvalue weighted by molar-refractivity contribution is 5.82. The molecule has 3 atom stereocenters. The summed E-state index contributed by atoms with van der Waals surface area (Å²) >= 11 is 0. The van der Waals surface area contributed by atoms with Crippen molar-refractivity contribution in [3.8, 4) is 0 Å². The van der Waals surface area contributed by atoms with Crippen LogP contribution < -0.4 is 10.6 Å². The van der Waals surface area contributed by atoms with Gasteiger partial charge in [-0.1, -0.05) is 19.8 Å². The van der Waals surface area contributed by atoms with Crippen LogP contribution in [0, 0.1) is 0 Å². The average Bonchev–Trinajstić information content (AvgIpc) is 2.26. The van der Waals surface area contributed by atoms with Crippen molar-refractivity contribution in [3.05, 3.63) is 0 Å². The summed E-state index contributed by atoms with van der Waals surface area (Å²) in [6.45, 7) is 6.43. The van der Waals surface area contributed by atoms with Gasteiger partial charge < -0.3 is 10.6 Å². The van der Waals surface area contributed by atoms with Crippen molar-refractivity contribution in [1.82, 2.24) is 10.6 Å². The quantitative estimate of drug-likeness (QED) is 0.754. The first-order chi connectivity index (χ1) is 7.63. The third-order valence-corrected chi connectivity index (χ3v) is 3.31. The van der Waals surface area contributed by atoms with Crippen molar-refractivity contribution in [3.63, 3.8) is 0 Å². The standard InChI is InChI=1S/C13H26N2O/c1-4-5-7-11(3)15-13(16)12-9-6-8-10(2)14-12/h10-12,14H,4-9H2,1-3H3,(H,15,16). The lowest BCUT2D eigenvalue weighted by Crippen LogP contribution is -2.51. The van der Waals surface area contributed by atoms with Crippen LogP contribution in [0.4, 0.5) is 0 Å². The van der Waals surface area contributed by atoms with Gasteiger partial charge >= 0.3 is 0 Å². The molecule has 3 nitrogen and oxygen atoms in total. The normalized spacial score (nSPS) is 27.4. The zero-order valence-corrected chi connectivity index (χ0v) is 10.9. The van der Waals surface area contributed by atoms with Gasteiger partial charge in [0, 0.05) is 12.1 Å². The molecule has 1 heterocycles. The summed E-state index contributed by atoms with van der Waals surface area (Å²) in [6.07, 6.45) is 6.81. The number of carbonyl (C=O) groups excluding carboxylic acids is 1. The molecule has 3 heteroatoms. The van der Waals surface area contributed by atoms with Gasteiger partial charge in [0.05, 0.1) is 6.04 Å². The van der Waals surface area contributed by atoms with Crippen molar-refractivity contribution in [2.45, 2.75) is 77.4 Å². The molecule has 0 aliphatic carbocycles. The van der Waals surface area contributed by atoms with Gasteiger partial charge in [-0.2, -0.15) is 0 Å². The monoisotopic (exact) mass is 226 g/mol. The van der Waals surface area contributed by atoms with Gasteiger partial charge in [-0.3, -0.25) is 4.79 Å². The lowest BCUT2D eigenvalue weighted by Gasteiger charge is -2.29. The molecule has 0 spiro atoms. The molecule has 94 valence electrons. The fourth-order valence-electron chi connectivity index (χ4n) is 2.27. The second kappa shape index (κ2) is 6.89. The van der Waals surface area contributed by atoms with Gasteiger partial charge in [-0.15, -0.1) is 0 Å². The van der Waals surface area contributed by atoms with Crippen LogP contribution in [0.3, 0.4) is 0 Å². The fraction of sp³-hybridized carbons (Fsp3) is 0.923. The molecule has 1 aliphatic heterocycles. The summed E-state index contributed by atoms with van der Waals surface area (Å²) in [5.41, 5.74) is 0. The Morgan fingerprint density at radius 1 is 1.50 bits per heavy atom. The number of hydrogen-bond acceptors (Lipinski definition) is 2. The predicted molar refractivity (Wildman–Crippen MR) is 67.4 cm³/mol. The smallest absolute Gasteiger partial charge is 0.237 e. The Balaban J connectivity index is 2.27. The third-order valence-electron chi connectivity index (χ3n) is 3.31.